The molecule has 118 valence electrons. The molecule has 3 aromatic rings. The van der Waals surface area contributed by atoms with Crippen molar-refractivity contribution in [3.63, 3.8) is 0 Å². The minimum absolute atomic E-state index is 0.226. The summed E-state index contributed by atoms with van der Waals surface area (Å²) in [7, 11) is 1.92. The van der Waals surface area contributed by atoms with Crippen LogP contribution in [0, 0.1) is 0 Å². The number of hydrogen-bond donors (Lipinski definition) is 1. The van der Waals surface area contributed by atoms with Gasteiger partial charge in [-0.05, 0) is 24.3 Å². The summed E-state index contributed by atoms with van der Waals surface area (Å²) in [5, 5.41) is 9.47. The first kappa shape index (κ1) is 14.0. The lowest BCUT2D eigenvalue weighted by Crippen LogP contribution is -2.37. The summed E-state index contributed by atoms with van der Waals surface area (Å²) >= 11 is 0. The van der Waals surface area contributed by atoms with Gasteiger partial charge in [-0.25, -0.2) is 15.0 Å². The van der Waals surface area contributed by atoms with E-state index < -0.39 is 0 Å². The number of morpholine rings is 1. The van der Waals surface area contributed by atoms with Crippen LogP contribution >= 0.6 is 0 Å². The van der Waals surface area contributed by atoms with Gasteiger partial charge in [-0.1, -0.05) is 0 Å². The van der Waals surface area contributed by atoms with Gasteiger partial charge >= 0.3 is 0 Å². The highest BCUT2D eigenvalue weighted by molar-refractivity contribution is 5.85. The highest BCUT2D eigenvalue weighted by Gasteiger charge is 2.20. The van der Waals surface area contributed by atoms with Crippen LogP contribution in [0.4, 0.5) is 5.82 Å². The number of fused-ring (bicyclic) bond motifs is 1. The van der Waals surface area contributed by atoms with Crippen LogP contribution in [-0.4, -0.2) is 50.9 Å². The quantitative estimate of drug-likeness (QED) is 0.774. The maximum atomic E-state index is 9.47. The lowest BCUT2D eigenvalue weighted by atomic mass is 10.2. The van der Waals surface area contributed by atoms with E-state index in [1.807, 2.05) is 23.7 Å². The molecule has 0 atom stereocenters. The Morgan fingerprint density at radius 1 is 1.09 bits per heavy atom. The number of phenols is 1. The molecule has 1 aliphatic rings. The number of anilines is 1. The molecule has 0 unspecified atom stereocenters. The third-order valence-corrected chi connectivity index (χ3v) is 3.98. The number of rotatable bonds is 2. The minimum Gasteiger partial charge on any atom is -0.508 e. The second kappa shape index (κ2) is 5.51. The number of nitrogens with zero attached hydrogens (tertiary/aromatic N) is 5. The number of aromatic nitrogens is 4. The number of ether oxygens (including phenoxy) is 1. The van der Waals surface area contributed by atoms with Crippen molar-refractivity contribution in [1.82, 2.24) is 19.5 Å². The lowest BCUT2D eigenvalue weighted by Gasteiger charge is -2.28. The van der Waals surface area contributed by atoms with E-state index in [0.717, 1.165) is 35.6 Å². The van der Waals surface area contributed by atoms with Crippen molar-refractivity contribution in [2.75, 3.05) is 31.2 Å². The molecular weight excluding hydrogens is 294 g/mol. The van der Waals surface area contributed by atoms with Gasteiger partial charge < -0.3 is 19.3 Å². The molecule has 2 aromatic heterocycles. The van der Waals surface area contributed by atoms with E-state index in [0.29, 0.717) is 19.0 Å². The molecule has 1 aliphatic heterocycles. The van der Waals surface area contributed by atoms with Gasteiger partial charge in [0.05, 0.1) is 19.5 Å². The molecule has 0 bridgehead atoms. The first-order chi connectivity index (χ1) is 11.2. The van der Waals surface area contributed by atoms with E-state index in [9.17, 15) is 5.11 Å². The smallest absolute Gasteiger partial charge is 0.165 e. The SMILES string of the molecule is Cn1cnc2c(N3CCOCC3)nc(-c3ccc(O)cc3)nc21. The predicted octanol–water partition coefficient (Wildman–Crippen LogP) is 1.57. The molecule has 1 fully saturated rings. The van der Waals surface area contributed by atoms with E-state index in [-0.39, 0.29) is 5.75 Å². The van der Waals surface area contributed by atoms with Gasteiger partial charge in [0.2, 0.25) is 0 Å². The molecule has 7 heteroatoms. The molecular formula is C16H17N5O2. The highest BCUT2D eigenvalue weighted by Crippen LogP contribution is 2.27. The summed E-state index contributed by atoms with van der Waals surface area (Å²) in [4.78, 5) is 16.0. The van der Waals surface area contributed by atoms with E-state index in [4.69, 9.17) is 9.72 Å². The molecule has 0 aliphatic carbocycles. The Kier molecular flexibility index (Phi) is 3.34. The monoisotopic (exact) mass is 311 g/mol. The molecule has 1 saturated heterocycles. The van der Waals surface area contributed by atoms with Crippen LogP contribution in [0.1, 0.15) is 0 Å². The second-order valence-electron chi connectivity index (χ2n) is 5.54. The van der Waals surface area contributed by atoms with Crippen LogP contribution < -0.4 is 4.90 Å². The standard InChI is InChI=1S/C16H17N5O2/c1-20-10-17-13-15(20)18-14(11-2-4-12(22)5-3-11)19-16(13)21-6-8-23-9-7-21/h2-5,10,22H,6-9H2,1H3. The number of benzene rings is 1. The average molecular weight is 311 g/mol. The average Bonchev–Trinajstić information content (AvgIpc) is 2.97. The topological polar surface area (TPSA) is 76.3 Å². The third kappa shape index (κ3) is 2.49. The normalized spacial score (nSPS) is 15.3. The molecule has 4 rings (SSSR count). The van der Waals surface area contributed by atoms with Crippen LogP contribution in [0.3, 0.4) is 0 Å². The zero-order chi connectivity index (χ0) is 15.8. The number of aromatic hydroxyl groups is 1. The summed E-state index contributed by atoms with van der Waals surface area (Å²) in [6, 6.07) is 6.91. The second-order valence-corrected chi connectivity index (χ2v) is 5.54. The van der Waals surface area contributed by atoms with Gasteiger partial charge in [0.15, 0.2) is 22.8 Å². The molecule has 7 nitrogen and oxygen atoms in total. The van der Waals surface area contributed by atoms with Gasteiger partial charge in [0, 0.05) is 25.7 Å². The molecule has 1 N–H and O–H groups in total. The lowest BCUT2D eigenvalue weighted by molar-refractivity contribution is 0.122. The van der Waals surface area contributed by atoms with Crippen LogP contribution in [0.25, 0.3) is 22.6 Å². The van der Waals surface area contributed by atoms with Crippen molar-refractivity contribution in [2.45, 2.75) is 0 Å². The van der Waals surface area contributed by atoms with Crippen molar-refractivity contribution >= 4 is 17.0 Å². The van der Waals surface area contributed by atoms with E-state index >= 15 is 0 Å². The maximum absolute atomic E-state index is 9.47. The maximum Gasteiger partial charge on any atom is 0.165 e. The summed E-state index contributed by atoms with van der Waals surface area (Å²) in [5.74, 6) is 1.69. The van der Waals surface area contributed by atoms with Gasteiger partial charge in [0.1, 0.15) is 5.75 Å². The molecule has 1 aromatic carbocycles. The fourth-order valence-corrected chi connectivity index (χ4v) is 2.73. The van der Waals surface area contributed by atoms with Crippen molar-refractivity contribution in [1.29, 1.82) is 0 Å². The number of imidazole rings is 1. The fourth-order valence-electron chi connectivity index (χ4n) is 2.73. The molecule has 0 amide bonds. The first-order valence-corrected chi connectivity index (χ1v) is 7.53. The van der Waals surface area contributed by atoms with Gasteiger partial charge in [0.25, 0.3) is 0 Å². The summed E-state index contributed by atoms with van der Waals surface area (Å²) in [5.41, 5.74) is 2.46. The van der Waals surface area contributed by atoms with Crippen LogP contribution in [0.15, 0.2) is 30.6 Å². The van der Waals surface area contributed by atoms with Crippen molar-refractivity contribution < 1.29 is 9.84 Å². The van der Waals surface area contributed by atoms with Crippen molar-refractivity contribution in [3.05, 3.63) is 30.6 Å². The fraction of sp³-hybridized carbons (Fsp3) is 0.312. The molecule has 0 saturated carbocycles. The molecule has 23 heavy (non-hydrogen) atoms. The van der Waals surface area contributed by atoms with E-state index in [1.54, 1.807) is 18.5 Å². The Hall–Kier alpha value is -2.67. The Labute approximate surface area is 133 Å². The number of hydrogen-bond acceptors (Lipinski definition) is 6. The zero-order valence-corrected chi connectivity index (χ0v) is 12.8. The third-order valence-electron chi connectivity index (χ3n) is 3.98. The molecule has 3 heterocycles. The number of aryl methyl sites for hydroxylation is 1. The largest absolute Gasteiger partial charge is 0.508 e. The van der Waals surface area contributed by atoms with E-state index in [1.165, 1.54) is 0 Å². The summed E-state index contributed by atoms with van der Waals surface area (Å²) in [6.45, 7) is 2.95. The zero-order valence-electron chi connectivity index (χ0n) is 12.8. The summed E-state index contributed by atoms with van der Waals surface area (Å²) < 4.78 is 7.32. The molecule has 0 radical (unpaired) electrons. The van der Waals surface area contributed by atoms with Crippen molar-refractivity contribution in [2.24, 2.45) is 7.05 Å². The van der Waals surface area contributed by atoms with Crippen molar-refractivity contribution in [3.8, 4) is 17.1 Å². The Balaban J connectivity index is 1.88. The Morgan fingerprint density at radius 3 is 2.57 bits per heavy atom. The van der Waals surface area contributed by atoms with Crippen LogP contribution in [0.5, 0.6) is 5.75 Å². The van der Waals surface area contributed by atoms with Crippen LogP contribution in [0.2, 0.25) is 0 Å². The minimum atomic E-state index is 0.226. The van der Waals surface area contributed by atoms with Gasteiger partial charge in [-0.3, -0.25) is 0 Å². The first-order valence-electron chi connectivity index (χ1n) is 7.53. The predicted molar refractivity (Wildman–Crippen MR) is 86.4 cm³/mol. The Morgan fingerprint density at radius 2 is 1.83 bits per heavy atom. The summed E-state index contributed by atoms with van der Waals surface area (Å²) in [6.07, 6.45) is 1.75. The van der Waals surface area contributed by atoms with Gasteiger partial charge in [-0.15, -0.1) is 0 Å². The highest BCUT2D eigenvalue weighted by atomic mass is 16.5. The number of phenolic OH excluding ortho intramolecular Hbond substituents is 1. The Bertz CT molecular complexity index is 838. The van der Waals surface area contributed by atoms with Gasteiger partial charge in [-0.2, -0.15) is 0 Å². The van der Waals surface area contributed by atoms with Crippen LogP contribution in [-0.2, 0) is 11.8 Å². The molecule has 0 spiro atoms. The van der Waals surface area contributed by atoms with E-state index in [2.05, 4.69) is 14.9 Å².